The summed E-state index contributed by atoms with van der Waals surface area (Å²) < 4.78 is 4.88. The molecule has 2 aromatic rings. The molecular formula is C22H27NO4. The van der Waals surface area contributed by atoms with Crippen LogP contribution in [0.2, 0.25) is 0 Å². The van der Waals surface area contributed by atoms with E-state index < -0.39 is 18.0 Å². The van der Waals surface area contributed by atoms with Gasteiger partial charge in [0.1, 0.15) is 0 Å². The second-order valence-corrected chi connectivity index (χ2v) is 7.82. The maximum atomic E-state index is 12.9. The van der Waals surface area contributed by atoms with Crippen molar-refractivity contribution in [2.24, 2.45) is 5.92 Å². The summed E-state index contributed by atoms with van der Waals surface area (Å²) in [5.74, 6) is -1.02. The van der Waals surface area contributed by atoms with Crippen molar-refractivity contribution in [3.8, 4) is 0 Å². The molecule has 0 spiro atoms. The minimum Gasteiger partial charge on any atom is -0.464 e. The standard InChI is InChI=1S/C22H27NO4/c1-2-27-22(26)21(25)16-10-9-15-17-12-14(13-6-4-3-5-7-13)8-11-18(17)23-19(15)20(16)24/h8,11-13,16,21,23,25H,2-7,9-10H2,1H3/t16-,21-/m0/s1. The molecule has 1 fully saturated rings. The first-order chi connectivity index (χ1) is 13.1. The van der Waals surface area contributed by atoms with Gasteiger partial charge in [-0.25, -0.2) is 4.79 Å². The van der Waals surface area contributed by atoms with E-state index >= 15 is 0 Å². The number of aryl methyl sites for hydroxylation is 1. The quantitative estimate of drug-likeness (QED) is 0.802. The number of Topliss-reactive ketones (excluding diaryl/α,β-unsaturated/α-hetero) is 1. The molecule has 2 atom stereocenters. The van der Waals surface area contributed by atoms with Crippen LogP contribution in [-0.4, -0.2) is 34.6 Å². The highest BCUT2D eigenvalue weighted by Crippen LogP contribution is 2.37. The van der Waals surface area contributed by atoms with Crippen LogP contribution < -0.4 is 0 Å². The highest BCUT2D eigenvalue weighted by atomic mass is 16.5. The molecule has 2 N–H and O–H groups in total. The first-order valence-electron chi connectivity index (χ1n) is 10.1. The molecule has 2 aliphatic carbocycles. The smallest absolute Gasteiger partial charge is 0.335 e. The first-order valence-corrected chi connectivity index (χ1v) is 10.1. The molecule has 27 heavy (non-hydrogen) atoms. The van der Waals surface area contributed by atoms with E-state index in [-0.39, 0.29) is 12.4 Å². The largest absolute Gasteiger partial charge is 0.464 e. The Morgan fingerprint density at radius 2 is 2.04 bits per heavy atom. The fraction of sp³-hybridized carbons (Fsp3) is 0.545. The van der Waals surface area contributed by atoms with E-state index in [4.69, 9.17) is 4.74 Å². The van der Waals surface area contributed by atoms with Crippen LogP contribution in [0.5, 0.6) is 0 Å². The Hall–Kier alpha value is -2.14. The van der Waals surface area contributed by atoms with Crippen LogP contribution >= 0.6 is 0 Å². The zero-order valence-electron chi connectivity index (χ0n) is 15.8. The molecule has 0 aliphatic heterocycles. The number of hydrogen-bond acceptors (Lipinski definition) is 4. The average molecular weight is 369 g/mol. The lowest BCUT2D eigenvalue weighted by Crippen LogP contribution is -2.38. The molecule has 144 valence electrons. The molecule has 4 rings (SSSR count). The van der Waals surface area contributed by atoms with Gasteiger partial charge < -0.3 is 14.8 Å². The topological polar surface area (TPSA) is 79.4 Å². The molecule has 1 aromatic heterocycles. The number of nitrogens with one attached hydrogen (secondary N) is 1. The summed E-state index contributed by atoms with van der Waals surface area (Å²) in [6, 6.07) is 6.49. The van der Waals surface area contributed by atoms with E-state index in [2.05, 4.69) is 23.2 Å². The Bertz CT molecular complexity index is 863. The van der Waals surface area contributed by atoms with Gasteiger partial charge in [0.2, 0.25) is 0 Å². The summed E-state index contributed by atoms with van der Waals surface area (Å²) in [5, 5.41) is 11.4. The number of aliphatic hydroxyl groups excluding tert-OH is 1. The van der Waals surface area contributed by atoms with Crippen molar-refractivity contribution >= 4 is 22.7 Å². The predicted octanol–water partition coefficient (Wildman–Crippen LogP) is 3.88. The maximum absolute atomic E-state index is 12.9. The fourth-order valence-corrected chi connectivity index (χ4v) is 4.73. The molecule has 5 nitrogen and oxygen atoms in total. The molecule has 0 amide bonds. The number of benzene rings is 1. The van der Waals surface area contributed by atoms with Crippen molar-refractivity contribution in [3.63, 3.8) is 0 Å². The van der Waals surface area contributed by atoms with E-state index in [0.717, 1.165) is 16.5 Å². The SMILES string of the molecule is CCOC(=O)[C@@H](O)[C@H]1CCc2c([nH]c3ccc(C4CCCCC4)cc23)C1=O. The number of aromatic nitrogens is 1. The minimum atomic E-state index is -1.39. The van der Waals surface area contributed by atoms with Gasteiger partial charge in [0.15, 0.2) is 11.9 Å². The van der Waals surface area contributed by atoms with Crippen LogP contribution in [0.4, 0.5) is 0 Å². The number of hydrogen-bond donors (Lipinski definition) is 2. The average Bonchev–Trinajstić information content (AvgIpc) is 3.07. The summed E-state index contributed by atoms with van der Waals surface area (Å²) >= 11 is 0. The number of carbonyl (C=O) groups is 2. The first kappa shape index (κ1) is 18.2. The fourth-order valence-electron chi connectivity index (χ4n) is 4.73. The number of rotatable bonds is 4. The van der Waals surface area contributed by atoms with Crippen molar-refractivity contribution in [2.45, 2.75) is 63.9 Å². The van der Waals surface area contributed by atoms with Crippen LogP contribution in [0.25, 0.3) is 10.9 Å². The van der Waals surface area contributed by atoms with Crippen molar-refractivity contribution < 1.29 is 19.4 Å². The zero-order chi connectivity index (χ0) is 19.0. The Kier molecular flexibility index (Phi) is 5.04. The number of H-pyrrole nitrogens is 1. The van der Waals surface area contributed by atoms with E-state index in [1.165, 1.54) is 37.7 Å². The van der Waals surface area contributed by atoms with E-state index in [9.17, 15) is 14.7 Å². The van der Waals surface area contributed by atoms with E-state index in [1.54, 1.807) is 6.92 Å². The number of aromatic amines is 1. The van der Waals surface area contributed by atoms with Crippen LogP contribution in [0.1, 0.15) is 73.0 Å². The van der Waals surface area contributed by atoms with Crippen molar-refractivity contribution in [1.29, 1.82) is 0 Å². The molecule has 1 aromatic carbocycles. The lowest BCUT2D eigenvalue weighted by atomic mass is 9.81. The third kappa shape index (κ3) is 3.29. The lowest BCUT2D eigenvalue weighted by Gasteiger charge is -2.24. The number of fused-ring (bicyclic) bond motifs is 3. The van der Waals surface area contributed by atoms with Crippen molar-refractivity contribution in [3.05, 3.63) is 35.0 Å². The number of ether oxygens (including phenoxy) is 1. The maximum Gasteiger partial charge on any atom is 0.335 e. The van der Waals surface area contributed by atoms with E-state index in [0.29, 0.717) is 24.5 Å². The highest BCUT2D eigenvalue weighted by molar-refractivity contribution is 6.06. The highest BCUT2D eigenvalue weighted by Gasteiger charge is 2.38. The van der Waals surface area contributed by atoms with Gasteiger partial charge in [0.05, 0.1) is 18.2 Å². The third-order valence-corrected chi connectivity index (χ3v) is 6.20. The van der Waals surface area contributed by atoms with Crippen molar-refractivity contribution in [2.75, 3.05) is 6.61 Å². The molecule has 0 radical (unpaired) electrons. The predicted molar refractivity (Wildman–Crippen MR) is 103 cm³/mol. The molecule has 1 saturated carbocycles. The van der Waals surface area contributed by atoms with Crippen molar-refractivity contribution in [1.82, 2.24) is 4.98 Å². The summed E-state index contributed by atoms with van der Waals surface area (Å²) in [7, 11) is 0. The lowest BCUT2D eigenvalue weighted by molar-refractivity contribution is -0.155. The number of ketones is 1. The second-order valence-electron chi connectivity index (χ2n) is 7.82. The Labute approximate surface area is 159 Å². The molecule has 0 bridgehead atoms. The van der Waals surface area contributed by atoms with Gasteiger partial charge >= 0.3 is 5.97 Å². The molecule has 1 heterocycles. The van der Waals surface area contributed by atoms with E-state index in [1.807, 2.05) is 0 Å². The molecule has 0 saturated heterocycles. The minimum absolute atomic E-state index is 0.188. The number of esters is 1. The summed E-state index contributed by atoms with van der Waals surface area (Å²) in [5.41, 5.74) is 3.90. The molecule has 2 aliphatic rings. The Morgan fingerprint density at radius 1 is 1.26 bits per heavy atom. The normalized spacial score (nSPS) is 21.9. The zero-order valence-corrected chi connectivity index (χ0v) is 15.8. The Balaban J connectivity index is 1.64. The molecular weight excluding hydrogens is 342 g/mol. The van der Waals surface area contributed by atoms with Gasteiger partial charge in [0, 0.05) is 10.9 Å². The van der Waals surface area contributed by atoms with Crippen LogP contribution in [-0.2, 0) is 16.0 Å². The number of carbonyl (C=O) groups excluding carboxylic acids is 2. The summed E-state index contributed by atoms with van der Waals surface area (Å²) in [6.07, 6.45) is 6.14. The van der Waals surface area contributed by atoms with Gasteiger partial charge in [-0.1, -0.05) is 25.3 Å². The molecule has 5 heteroatoms. The van der Waals surface area contributed by atoms with Crippen LogP contribution in [0, 0.1) is 5.92 Å². The second kappa shape index (κ2) is 7.47. The number of aliphatic hydroxyl groups is 1. The van der Waals surface area contributed by atoms with Gasteiger partial charge in [-0.2, -0.15) is 0 Å². The van der Waals surface area contributed by atoms with Crippen LogP contribution in [0.15, 0.2) is 18.2 Å². The Morgan fingerprint density at radius 3 is 2.78 bits per heavy atom. The molecule has 0 unspecified atom stereocenters. The van der Waals surface area contributed by atoms with Gasteiger partial charge in [-0.15, -0.1) is 0 Å². The van der Waals surface area contributed by atoms with Gasteiger partial charge in [-0.3, -0.25) is 4.79 Å². The third-order valence-electron chi connectivity index (χ3n) is 6.20. The summed E-state index contributed by atoms with van der Waals surface area (Å²) in [4.78, 5) is 28.0. The van der Waals surface area contributed by atoms with Crippen LogP contribution in [0.3, 0.4) is 0 Å². The van der Waals surface area contributed by atoms with Gasteiger partial charge in [0.25, 0.3) is 0 Å². The summed E-state index contributed by atoms with van der Waals surface area (Å²) in [6.45, 7) is 1.88. The van der Waals surface area contributed by atoms with Gasteiger partial charge in [-0.05, 0) is 61.8 Å². The monoisotopic (exact) mass is 369 g/mol.